The lowest BCUT2D eigenvalue weighted by Gasteiger charge is -2.37. The Kier molecular flexibility index (Phi) is 7.93. The first kappa shape index (κ1) is 27.2. The van der Waals surface area contributed by atoms with Crippen molar-refractivity contribution in [1.82, 2.24) is 10.2 Å². The number of likely N-dealkylation sites (tertiary alicyclic amines) is 1. The Balaban J connectivity index is 1.53. The molecule has 0 saturated carbocycles. The lowest BCUT2D eigenvalue weighted by molar-refractivity contribution is -0.138. The van der Waals surface area contributed by atoms with Crippen molar-refractivity contribution in [3.05, 3.63) is 99.5 Å². The molecule has 1 fully saturated rings. The number of carbonyl (C=O) groups excluding carboxylic acids is 3. The van der Waals surface area contributed by atoms with E-state index in [2.05, 4.69) is 10.6 Å². The molecule has 202 valence electrons. The van der Waals surface area contributed by atoms with E-state index >= 15 is 0 Å². The molecule has 2 aliphatic rings. The zero-order valence-corrected chi connectivity index (χ0v) is 22.8. The van der Waals surface area contributed by atoms with Crippen molar-refractivity contribution >= 4 is 46.6 Å². The maximum atomic E-state index is 14.1. The van der Waals surface area contributed by atoms with Crippen molar-refractivity contribution in [3.8, 4) is 0 Å². The van der Waals surface area contributed by atoms with E-state index in [-0.39, 0.29) is 30.1 Å². The summed E-state index contributed by atoms with van der Waals surface area (Å²) in [5.41, 5.74) is 7.40. The van der Waals surface area contributed by atoms with E-state index in [0.717, 1.165) is 16.7 Å². The van der Waals surface area contributed by atoms with Gasteiger partial charge in [-0.1, -0.05) is 71.7 Å². The first-order valence-corrected chi connectivity index (χ1v) is 13.8. The molecule has 5 rings (SSSR count). The average Bonchev–Trinajstić information content (AvgIpc) is 3.18. The summed E-state index contributed by atoms with van der Waals surface area (Å²) in [5.74, 6) is -0.957. The van der Waals surface area contributed by atoms with Crippen LogP contribution in [0.4, 0.5) is 5.69 Å². The number of halogens is 2. The maximum absolute atomic E-state index is 14.1. The summed E-state index contributed by atoms with van der Waals surface area (Å²) in [6.45, 7) is 0.859. The lowest BCUT2D eigenvalue weighted by atomic mass is 9.83. The second-order valence-electron chi connectivity index (χ2n) is 10.2. The number of nitrogens with zero attached hydrogens (tertiary/aromatic N) is 1. The number of nitrogens with two attached hydrogens (primary N) is 1. The summed E-state index contributed by atoms with van der Waals surface area (Å²) >= 11 is 12.6. The fourth-order valence-corrected chi connectivity index (χ4v) is 6.00. The molecule has 2 heterocycles. The normalized spacial score (nSPS) is 19.8. The standard InChI is InChI=1S/C30H30Cl2N4O3/c31-22-8-4-7-20(15-22)18-30(24-10-9-23(32)17-25(24)34-29(30)39)35-26(16-19-5-2-1-3-6-19)28(38)36-13-11-21(12-14-36)27(33)37/h1-10,15,17,21,26,35H,11-14,16,18H2,(H2,33,37)(H,34,39)/t26-,30-/m0/s1. The fourth-order valence-electron chi connectivity index (χ4n) is 5.62. The molecule has 2 atom stereocenters. The summed E-state index contributed by atoms with van der Waals surface area (Å²) in [4.78, 5) is 41.4. The van der Waals surface area contributed by atoms with E-state index in [4.69, 9.17) is 28.9 Å². The van der Waals surface area contributed by atoms with Crippen LogP contribution in [0.15, 0.2) is 72.8 Å². The third-order valence-corrected chi connectivity index (χ3v) is 8.12. The van der Waals surface area contributed by atoms with Crippen LogP contribution in [0.5, 0.6) is 0 Å². The maximum Gasteiger partial charge on any atom is 0.249 e. The third-order valence-electron chi connectivity index (χ3n) is 7.65. The minimum atomic E-state index is -1.24. The van der Waals surface area contributed by atoms with Gasteiger partial charge < -0.3 is 16.0 Å². The number of fused-ring (bicyclic) bond motifs is 1. The van der Waals surface area contributed by atoms with Crippen LogP contribution in [0, 0.1) is 5.92 Å². The Labute approximate surface area is 237 Å². The molecule has 0 bridgehead atoms. The smallest absolute Gasteiger partial charge is 0.249 e. The van der Waals surface area contributed by atoms with E-state index in [9.17, 15) is 14.4 Å². The van der Waals surface area contributed by atoms with E-state index in [1.807, 2.05) is 54.6 Å². The number of hydrogen-bond acceptors (Lipinski definition) is 4. The Morgan fingerprint density at radius 1 is 0.974 bits per heavy atom. The molecule has 3 amide bonds. The summed E-state index contributed by atoms with van der Waals surface area (Å²) in [6.07, 6.45) is 1.70. The van der Waals surface area contributed by atoms with Gasteiger partial charge in [0.2, 0.25) is 17.7 Å². The van der Waals surface area contributed by atoms with Crippen molar-refractivity contribution in [2.45, 2.75) is 37.3 Å². The molecule has 4 N–H and O–H groups in total. The van der Waals surface area contributed by atoms with Crippen LogP contribution in [0.25, 0.3) is 0 Å². The molecule has 0 radical (unpaired) electrons. The van der Waals surface area contributed by atoms with Crippen molar-refractivity contribution < 1.29 is 14.4 Å². The molecule has 2 aliphatic heterocycles. The number of nitrogens with one attached hydrogen (secondary N) is 2. The Morgan fingerprint density at radius 3 is 2.36 bits per heavy atom. The van der Waals surface area contributed by atoms with Crippen LogP contribution < -0.4 is 16.4 Å². The zero-order chi connectivity index (χ0) is 27.6. The van der Waals surface area contributed by atoms with Gasteiger partial charge in [0.1, 0.15) is 5.54 Å². The minimum Gasteiger partial charge on any atom is -0.369 e. The average molecular weight is 566 g/mol. The summed E-state index contributed by atoms with van der Waals surface area (Å²) in [6, 6.07) is 21.7. The minimum absolute atomic E-state index is 0.123. The molecule has 9 heteroatoms. The summed E-state index contributed by atoms with van der Waals surface area (Å²) in [5, 5.41) is 7.56. The number of primary amides is 1. The topological polar surface area (TPSA) is 105 Å². The SMILES string of the molecule is NC(=O)C1CCN(C(=O)[C@H](Cc2ccccc2)N[C@]2(Cc3cccc(Cl)c3)C(=O)Nc3cc(Cl)ccc32)CC1. The summed E-state index contributed by atoms with van der Waals surface area (Å²) < 4.78 is 0. The van der Waals surface area contributed by atoms with E-state index < -0.39 is 11.6 Å². The molecule has 3 aromatic rings. The molecule has 7 nitrogen and oxygen atoms in total. The molecule has 0 aromatic heterocycles. The number of carbonyl (C=O) groups is 3. The van der Waals surface area contributed by atoms with Gasteiger partial charge in [-0.05, 0) is 54.7 Å². The van der Waals surface area contributed by atoms with Gasteiger partial charge in [0.25, 0.3) is 0 Å². The van der Waals surface area contributed by atoms with E-state index in [1.54, 1.807) is 23.1 Å². The predicted octanol–water partition coefficient (Wildman–Crippen LogP) is 4.31. The Morgan fingerprint density at radius 2 is 1.67 bits per heavy atom. The van der Waals surface area contributed by atoms with Crippen LogP contribution >= 0.6 is 23.2 Å². The number of rotatable bonds is 8. The van der Waals surface area contributed by atoms with Crippen LogP contribution in [-0.2, 0) is 32.8 Å². The Bertz CT molecular complexity index is 1390. The van der Waals surface area contributed by atoms with Crippen molar-refractivity contribution in [3.63, 3.8) is 0 Å². The van der Waals surface area contributed by atoms with Gasteiger partial charge in [-0.2, -0.15) is 0 Å². The first-order valence-electron chi connectivity index (χ1n) is 13.0. The van der Waals surface area contributed by atoms with Gasteiger partial charge in [-0.15, -0.1) is 0 Å². The van der Waals surface area contributed by atoms with E-state index in [0.29, 0.717) is 48.1 Å². The van der Waals surface area contributed by atoms with Crippen LogP contribution in [0.3, 0.4) is 0 Å². The summed E-state index contributed by atoms with van der Waals surface area (Å²) in [7, 11) is 0. The zero-order valence-electron chi connectivity index (χ0n) is 21.3. The largest absolute Gasteiger partial charge is 0.369 e. The molecule has 3 aromatic carbocycles. The molecule has 0 unspecified atom stereocenters. The number of amides is 3. The van der Waals surface area contributed by atoms with Gasteiger partial charge in [0.15, 0.2) is 0 Å². The predicted molar refractivity (Wildman–Crippen MR) is 152 cm³/mol. The molecular weight excluding hydrogens is 535 g/mol. The highest BCUT2D eigenvalue weighted by Gasteiger charge is 2.49. The number of benzene rings is 3. The van der Waals surface area contributed by atoms with Gasteiger partial charge in [-0.3, -0.25) is 19.7 Å². The number of anilines is 1. The highest BCUT2D eigenvalue weighted by Crippen LogP contribution is 2.41. The van der Waals surface area contributed by atoms with Crippen molar-refractivity contribution in [2.24, 2.45) is 11.7 Å². The van der Waals surface area contributed by atoms with Crippen LogP contribution in [0.1, 0.15) is 29.5 Å². The van der Waals surface area contributed by atoms with Crippen LogP contribution in [-0.4, -0.2) is 41.8 Å². The Hall–Kier alpha value is -3.39. The molecule has 39 heavy (non-hydrogen) atoms. The van der Waals surface area contributed by atoms with Crippen LogP contribution in [0.2, 0.25) is 10.0 Å². The first-order chi connectivity index (χ1) is 18.7. The van der Waals surface area contributed by atoms with Gasteiger partial charge >= 0.3 is 0 Å². The van der Waals surface area contributed by atoms with Crippen molar-refractivity contribution in [2.75, 3.05) is 18.4 Å². The van der Waals surface area contributed by atoms with Crippen molar-refractivity contribution in [1.29, 1.82) is 0 Å². The third kappa shape index (κ3) is 5.81. The highest BCUT2D eigenvalue weighted by molar-refractivity contribution is 6.31. The number of hydrogen-bond donors (Lipinski definition) is 3. The van der Waals surface area contributed by atoms with Gasteiger partial charge in [0.05, 0.1) is 6.04 Å². The molecule has 0 spiro atoms. The second kappa shape index (κ2) is 11.4. The second-order valence-corrected chi connectivity index (χ2v) is 11.1. The van der Waals surface area contributed by atoms with Gasteiger partial charge in [-0.25, -0.2) is 0 Å². The highest BCUT2D eigenvalue weighted by atomic mass is 35.5. The van der Waals surface area contributed by atoms with Gasteiger partial charge in [0, 0.05) is 46.7 Å². The molecular formula is C30H30Cl2N4O3. The quantitative estimate of drug-likeness (QED) is 0.379. The lowest BCUT2D eigenvalue weighted by Crippen LogP contribution is -2.60. The molecule has 1 saturated heterocycles. The fraction of sp³-hybridized carbons (Fsp3) is 0.300. The van der Waals surface area contributed by atoms with E-state index in [1.165, 1.54) is 0 Å². The molecule has 0 aliphatic carbocycles. The number of piperidine rings is 1. The monoisotopic (exact) mass is 564 g/mol.